The largest absolute Gasteiger partial charge is 0.414 e. The molecule has 1 aliphatic carbocycles. The monoisotopic (exact) mass is 281 g/mol. The van der Waals surface area contributed by atoms with Crippen LogP contribution in [0.4, 0.5) is 13.2 Å². The van der Waals surface area contributed by atoms with Crippen molar-refractivity contribution in [1.29, 1.82) is 0 Å². The van der Waals surface area contributed by atoms with Crippen molar-refractivity contribution in [3.8, 4) is 0 Å². The highest BCUT2D eigenvalue weighted by atomic mass is 19.4. The van der Waals surface area contributed by atoms with E-state index in [9.17, 15) is 23.4 Å². The Bertz CT molecular complexity index is 311. The molecule has 1 saturated heterocycles. The van der Waals surface area contributed by atoms with Crippen LogP contribution in [0.3, 0.4) is 0 Å². The van der Waals surface area contributed by atoms with Crippen LogP contribution in [0, 0.1) is 17.8 Å². The Labute approximate surface area is 111 Å². The van der Waals surface area contributed by atoms with Crippen LogP contribution in [0.2, 0.25) is 0 Å². The number of aliphatic hydroxyl groups is 2. The molecule has 0 bridgehead atoms. The first-order valence-electron chi connectivity index (χ1n) is 6.96. The van der Waals surface area contributed by atoms with Gasteiger partial charge in [-0.05, 0) is 43.9 Å². The first kappa shape index (κ1) is 15.1. The third kappa shape index (κ3) is 3.06. The Kier molecular flexibility index (Phi) is 4.42. The van der Waals surface area contributed by atoms with Gasteiger partial charge < -0.3 is 15.5 Å². The number of nitrogens with one attached hydrogen (secondary N) is 1. The maximum atomic E-state index is 12.8. The quantitative estimate of drug-likeness (QED) is 0.722. The molecule has 112 valence electrons. The van der Waals surface area contributed by atoms with Crippen LogP contribution in [0.25, 0.3) is 0 Å². The van der Waals surface area contributed by atoms with Gasteiger partial charge >= 0.3 is 6.18 Å². The first-order chi connectivity index (χ1) is 8.84. The van der Waals surface area contributed by atoms with Crippen molar-refractivity contribution in [3.05, 3.63) is 0 Å². The van der Waals surface area contributed by atoms with Gasteiger partial charge in [-0.1, -0.05) is 6.42 Å². The molecule has 0 aromatic carbocycles. The Balaban J connectivity index is 2.16. The van der Waals surface area contributed by atoms with Gasteiger partial charge in [0, 0.05) is 12.1 Å². The molecule has 2 rings (SSSR count). The van der Waals surface area contributed by atoms with Gasteiger partial charge in [-0.2, -0.15) is 13.2 Å². The second-order valence-corrected chi connectivity index (χ2v) is 5.98. The molecule has 0 radical (unpaired) electrons. The topological polar surface area (TPSA) is 52.5 Å². The van der Waals surface area contributed by atoms with Gasteiger partial charge in [0.2, 0.25) is 0 Å². The molecule has 19 heavy (non-hydrogen) atoms. The molecular weight excluding hydrogens is 259 g/mol. The van der Waals surface area contributed by atoms with E-state index < -0.39 is 18.2 Å². The average molecular weight is 281 g/mol. The molecule has 0 aromatic heterocycles. The van der Waals surface area contributed by atoms with Gasteiger partial charge in [0.1, 0.15) is 0 Å². The van der Waals surface area contributed by atoms with Crippen molar-refractivity contribution in [1.82, 2.24) is 5.32 Å². The van der Waals surface area contributed by atoms with Crippen molar-refractivity contribution in [2.75, 3.05) is 6.61 Å². The summed E-state index contributed by atoms with van der Waals surface area (Å²) >= 11 is 0. The third-order valence-electron chi connectivity index (χ3n) is 4.83. The second kappa shape index (κ2) is 5.58. The average Bonchev–Trinajstić information content (AvgIpc) is 2.36. The number of fused-ring (bicyclic) bond motifs is 1. The SMILES string of the molecule is C[C@@H]1N[C@@H](CO)C[C@H]2[C@H]1CCC[C@@H]2[C@H](O)C(F)(F)F. The molecule has 6 atom stereocenters. The highest BCUT2D eigenvalue weighted by molar-refractivity contribution is 4.97. The van der Waals surface area contributed by atoms with Gasteiger partial charge in [0.25, 0.3) is 0 Å². The Morgan fingerprint density at radius 1 is 1.26 bits per heavy atom. The number of piperidine rings is 1. The zero-order chi connectivity index (χ0) is 14.2. The first-order valence-corrected chi connectivity index (χ1v) is 6.96. The molecule has 0 spiro atoms. The number of aliphatic hydroxyl groups excluding tert-OH is 2. The molecule has 0 aromatic rings. The molecule has 3 N–H and O–H groups in total. The molecule has 0 amide bonds. The lowest BCUT2D eigenvalue weighted by Gasteiger charge is -2.49. The van der Waals surface area contributed by atoms with Gasteiger partial charge in [0.15, 0.2) is 6.10 Å². The summed E-state index contributed by atoms with van der Waals surface area (Å²) in [7, 11) is 0. The zero-order valence-corrected chi connectivity index (χ0v) is 11.0. The maximum Gasteiger partial charge on any atom is 0.414 e. The molecule has 6 heteroatoms. The zero-order valence-electron chi connectivity index (χ0n) is 11.0. The van der Waals surface area contributed by atoms with Crippen LogP contribution in [0.5, 0.6) is 0 Å². The minimum atomic E-state index is -4.55. The van der Waals surface area contributed by atoms with E-state index in [1.165, 1.54) is 0 Å². The van der Waals surface area contributed by atoms with Gasteiger partial charge in [-0.3, -0.25) is 0 Å². The summed E-state index contributed by atoms with van der Waals surface area (Å²) in [6, 6.07) is -0.0589. The molecule has 2 fully saturated rings. The van der Waals surface area contributed by atoms with Crippen molar-refractivity contribution in [2.45, 2.75) is 57.0 Å². The van der Waals surface area contributed by atoms with Gasteiger partial charge in [-0.15, -0.1) is 0 Å². The van der Waals surface area contributed by atoms with Crippen LogP contribution in [-0.4, -0.2) is 41.2 Å². The van der Waals surface area contributed by atoms with E-state index in [1.807, 2.05) is 6.92 Å². The summed E-state index contributed by atoms with van der Waals surface area (Å²) in [6.45, 7) is 1.89. The normalized spacial score (nSPS) is 41.7. The predicted octanol–water partition coefficient (Wildman–Crippen LogP) is 1.68. The lowest BCUT2D eigenvalue weighted by Crippen LogP contribution is -2.56. The van der Waals surface area contributed by atoms with Crippen molar-refractivity contribution < 1.29 is 23.4 Å². The van der Waals surface area contributed by atoms with E-state index in [1.54, 1.807) is 0 Å². The second-order valence-electron chi connectivity index (χ2n) is 5.98. The van der Waals surface area contributed by atoms with Crippen LogP contribution in [0.15, 0.2) is 0 Å². The Hall–Kier alpha value is -0.330. The van der Waals surface area contributed by atoms with Crippen LogP contribution < -0.4 is 5.32 Å². The van der Waals surface area contributed by atoms with E-state index in [0.717, 1.165) is 12.8 Å². The fraction of sp³-hybridized carbons (Fsp3) is 1.00. The Morgan fingerprint density at radius 3 is 2.53 bits per heavy atom. The smallest absolute Gasteiger partial charge is 0.395 e. The number of hydrogen-bond donors (Lipinski definition) is 3. The fourth-order valence-electron chi connectivity index (χ4n) is 3.96. The summed E-state index contributed by atoms with van der Waals surface area (Å²) in [4.78, 5) is 0. The number of rotatable bonds is 2. The van der Waals surface area contributed by atoms with Crippen molar-refractivity contribution in [2.24, 2.45) is 17.8 Å². The standard InChI is InChI=1S/C13H22F3NO2/c1-7-9-3-2-4-10(12(19)13(14,15)16)11(9)5-8(6-18)17-7/h7-12,17-19H,2-6H2,1H3/t7-,8+,9-,10-,11-,12-/m0/s1. The van der Waals surface area contributed by atoms with E-state index in [-0.39, 0.29) is 30.5 Å². The van der Waals surface area contributed by atoms with E-state index in [2.05, 4.69) is 5.32 Å². The highest BCUT2D eigenvalue weighted by Crippen LogP contribution is 2.46. The molecule has 0 unspecified atom stereocenters. The summed E-state index contributed by atoms with van der Waals surface area (Å²) in [5.41, 5.74) is 0. The summed E-state index contributed by atoms with van der Waals surface area (Å²) in [6.07, 6.45) is -4.21. The van der Waals surface area contributed by atoms with E-state index >= 15 is 0 Å². The minimum Gasteiger partial charge on any atom is -0.395 e. The van der Waals surface area contributed by atoms with Crippen LogP contribution >= 0.6 is 0 Å². The van der Waals surface area contributed by atoms with E-state index in [4.69, 9.17) is 0 Å². The summed E-state index contributed by atoms with van der Waals surface area (Å²) < 4.78 is 38.3. The van der Waals surface area contributed by atoms with Crippen molar-refractivity contribution in [3.63, 3.8) is 0 Å². The van der Waals surface area contributed by atoms with Gasteiger partial charge in [0.05, 0.1) is 6.61 Å². The lowest BCUT2D eigenvalue weighted by atomic mass is 9.63. The summed E-state index contributed by atoms with van der Waals surface area (Å²) in [5, 5.41) is 22.1. The lowest BCUT2D eigenvalue weighted by molar-refractivity contribution is -0.232. The highest BCUT2D eigenvalue weighted by Gasteiger charge is 2.51. The predicted molar refractivity (Wildman–Crippen MR) is 64.5 cm³/mol. The molecule has 1 saturated carbocycles. The number of halogens is 3. The maximum absolute atomic E-state index is 12.8. The number of hydrogen-bond acceptors (Lipinski definition) is 3. The third-order valence-corrected chi connectivity index (χ3v) is 4.83. The fourth-order valence-corrected chi connectivity index (χ4v) is 3.96. The van der Waals surface area contributed by atoms with Crippen LogP contribution in [0.1, 0.15) is 32.6 Å². The molecule has 3 nitrogen and oxygen atoms in total. The molecular formula is C13H22F3NO2. The minimum absolute atomic E-state index is 0.0671. The van der Waals surface area contributed by atoms with Gasteiger partial charge in [-0.25, -0.2) is 0 Å². The molecule has 2 aliphatic rings. The number of alkyl halides is 3. The van der Waals surface area contributed by atoms with E-state index in [0.29, 0.717) is 12.8 Å². The van der Waals surface area contributed by atoms with Crippen LogP contribution in [-0.2, 0) is 0 Å². The van der Waals surface area contributed by atoms with Crippen molar-refractivity contribution >= 4 is 0 Å². The molecule has 1 aliphatic heterocycles. The Morgan fingerprint density at radius 2 is 1.95 bits per heavy atom. The molecule has 1 heterocycles. The summed E-state index contributed by atoms with van der Waals surface area (Å²) in [5.74, 6) is -0.713.